The summed E-state index contributed by atoms with van der Waals surface area (Å²) in [4.78, 5) is 10.8. The number of carbonyl (C=O) groups excluding carboxylic acids is 1. The third-order valence-electron chi connectivity index (χ3n) is 1.67. The van der Waals surface area contributed by atoms with Crippen molar-refractivity contribution in [2.24, 2.45) is 0 Å². The fourth-order valence-corrected chi connectivity index (χ4v) is 1.18. The van der Waals surface area contributed by atoms with Crippen molar-refractivity contribution in [3.05, 3.63) is 37.0 Å². The Kier molecular flexibility index (Phi) is 9.98. The Bertz CT molecular complexity index is 216. The van der Waals surface area contributed by atoms with Gasteiger partial charge in [0.25, 0.3) is 0 Å². The molecule has 0 aromatic heterocycles. The number of halogens is 1. The predicted molar refractivity (Wildman–Crippen MR) is 65.7 cm³/mol. The normalized spacial score (nSPS) is 11.2. The Balaban J connectivity index is 3.33. The van der Waals surface area contributed by atoms with E-state index in [-0.39, 0.29) is 5.78 Å². The van der Waals surface area contributed by atoms with Crippen LogP contribution in [0.5, 0.6) is 0 Å². The lowest BCUT2D eigenvalue weighted by atomic mass is 10.2. The molecule has 0 atom stereocenters. The Morgan fingerprint density at radius 1 is 1.14 bits per heavy atom. The lowest BCUT2D eigenvalue weighted by Crippen LogP contribution is -1.82. The number of hydrogen-bond acceptors (Lipinski definition) is 1. The van der Waals surface area contributed by atoms with Crippen molar-refractivity contribution in [3.8, 4) is 0 Å². The van der Waals surface area contributed by atoms with Crippen molar-refractivity contribution in [1.82, 2.24) is 0 Å². The molecule has 1 nitrogen and oxygen atoms in total. The van der Waals surface area contributed by atoms with Gasteiger partial charge in [0.15, 0.2) is 5.78 Å². The van der Waals surface area contributed by atoms with Gasteiger partial charge < -0.3 is 0 Å². The van der Waals surface area contributed by atoms with E-state index in [0.717, 1.165) is 31.0 Å². The van der Waals surface area contributed by atoms with Crippen LogP contribution in [0.3, 0.4) is 0 Å². The third kappa shape index (κ3) is 9.46. The second-order valence-corrected chi connectivity index (χ2v) is 3.68. The number of allylic oxidation sites excluding steroid dienone is 5. The lowest BCUT2D eigenvalue weighted by Gasteiger charge is -1.89. The molecule has 0 aromatic carbocycles. The van der Waals surface area contributed by atoms with Crippen molar-refractivity contribution in [2.75, 3.05) is 5.33 Å². The van der Waals surface area contributed by atoms with Crippen molar-refractivity contribution in [3.63, 3.8) is 0 Å². The lowest BCUT2D eigenvalue weighted by molar-refractivity contribution is -0.110. The molecule has 14 heavy (non-hydrogen) atoms. The van der Waals surface area contributed by atoms with Crippen LogP contribution < -0.4 is 0 Å². The van der Waals surface area contributed by atoms with Crippen molar-refractivity contribution < 1.29 is 4.79 Å². The highest BCUT2D eigenvalue weighted by Crippen LogP contribution is 1.99. The summed E-state index contributed by atoms with van der Waals surface area (Å²) in [5.74, 6) is -0.0140. The standard InChI is InChI=1S/C12H17BrO/c1-2-12(14)10-8-6-4-3-5-7-9-11-13/h2,5,7-8,10H,1,3-4,6,9,11H2/b7-5+,10-8+. The van der Waals surface area contributed by atoms with Gasteiger partial charge in [-0.1, -0.05) is 40.7 Å². The first-order chi connectivity index (χ1) is 6.81. The second kappa shape index (κ2) is 10.5. The van der Waals surface area contributed by atoms with Gasteiger partial charge in [-0.05, 0) is 37.8 Å². The van der Waals surface area contributed by atoms with Gasteiger partial charge in [-0.15, -0.1) is 0 Å². The number of hydrogen-bond donors (Lipinski definition) is 0. The molecule has 0 N–H and O–H groups in total. The molecule has 0 fully saturated rings. The maximum absolute atomic E-state index is 10.8. The minimum atomic E-state index is -0.0140. The maximum atomic E-state index is 10.8. The first kappa shape index (κ1) is 13.4. The fourth-order valence-electron chi connectivity index (χ4n) is 0.920. The molecule has 0 rings (SSSR count). The Morgan fingerprint density at radius 3 is 2.43 bits per heavy atom. The smallest absolute Gasteiger partial charge is 0.177 e. The second-order valence-electron chi connectivity index (χ2n) is 2.89. The van der Waals surface area contributed by atoms with E-state index in [9.17, 15) is 4.79 Å². The van der Waals surface area contributed by atoms with E-state index in [2.05, 4.69) is 34.7 Å². The number of unbranched alkanes of at least 4 members (excludes halogenated alkanes) is 2. The predicted octanol–water partition coefficient (Wildman–Crippen LogP) is 3.81. The topological polar surface area (TPSA) is 17.1 Å². The third-order valence-corrected chi connectivity index (χ3v) is 2.13. The minimum absolute atomic E-state index is 0.0140. The first-order valence-corrected chi connectivity index (χ1v) is 5.97. The van der Waals surface area contributed by atoms with E-state index in [1.165, 1.54) is 6.08 Å². The van der Waals surface area contributed by atoms with E-state index in [1.807, 2.05) is 6.08 Å². The van der Waals surface area contributed by atoms with E-state index >= 15 is 0 Å². The summed E-state index contributed by atoms with van der Waals surface area (Å²) in [5, 5.41) is 1.03. The quantitative estimate of drug-likeness (QED) is 0.280. The molecule has 0 saturated heterocycles. The molecule has 78 valence electrons. The van der Waals surface area contributed by atoms with Crippen molar-refractivity contribution >= 4 is 21.7 Å². The molecule has 0 radical (unpaired) electrons. The van der Waals surface area contributed by atoms with E-state index in [4.69, 9.17) is 0 Å². The number of rotatable bonds is 8. The number of ketones is 1. The highest BCUT2D eigenvalue weighted by molar-refractivity contribution is 9.09. The minimum Gasteiger partial charge on any atom is -0.290 e. The van der Waals surface area contributed by atoms with Crippen LogP contribution in [0.2, 0.25) is 0 Å². The Hall–Kier alpha value is -0.630. The van der Waals surface area contributed by atoms with Gasteiger partial charge in [-0.3, -0.25) is 4.79 Å². The molecule has 0 amide bonds. The van der Waals surface area contributed by atoms with Gasteiger partial charge in [0.2, 0.25) is 0 Å². The van der Waals surface area contributed by atoms with Crippen LogP contribution in [-0.2, 0) is 4.79 Å². The van der Waals surface area contributed by atoms with Crippen LogP contribution >= 0.6 is 15.9 Å². The Morgan fingerprint density at radius 2 is 1.79 bits per heavy atom. The summed E-state index contributed by atoms with van der Waals surface area (Å²) in [6.07, 6.45) is 13.4. The van der Waals surface area contributed by atoms with Crippen LogP contribution in [0.15, 0.2) is 37.0 Å². The number of alkyl halides is 1. The van der Waals surface area contributed by atoms with Gasteiger partial charge >= 0.3 is 0 Å². The molecular weight excluding hydrogens is 240 g/mol. The number of carbonyl (C=O) groups is 1. The van der Waals surface area contributed by atoms with Crippen LogP contribution in [0.4, 0.5) is 0 Å². The molecule has 0 unspecified atom stereocenters. The van der Waals surface area contributed by atoms with E-state index in [0.29, 0.717) is 0 Å². The summed E-state index contributed by atoms with van der Waals surface area (Å²) < 4.78 is 0. The zero-order chi connectivity index (χ0) is 10.6. The fraction of sp³-hybridized carbons (Fsp3) is 0.417. The van der Waals surface area contributed by atoms with Crippen LogP contribution in [0, 0.1) is 0 Å². The molecule has 0 saturated carbocycles. The zero-order valence-electron chi connectivity index (χ0n) is 8.42. The van der Waals surface area contributed by atoms with Gasteiger partial charge in [0.1, 0.15) is 0 Å². The monoisotopic (exact) mass is 256 g/mol. The highest BCUT2D eigenvalue weighted by atomic mass is 79.9. The average molecular weight is 257 g/mol. The summed E-state index contributed by atoms with van der Waals surface area (Å²) in [6.45, 7) is 3.39. The van der Waals surface area contributed by atoms with E-state index in [1.54, 1.807) is 6.08 Å². The van der Waals surface area contributed by atoms with Gasteiger partial charge in [0, 0.05) is 5.33 Å². The molecular formula is C12H17BrO. The molecule has 0 aliphatic rings. The summed E-state index contributed by atoms with van der Waals surface area (Å²) in [6, 6.07) is 0. The largest absolute Gasteiger partial charge is 0.290 e. The van der Waals surface area contributed by atoms with Crippen LogP contribution in [0.25, 0.3) is 0 Å². The van der Waals surface area contributed by atoms with E-state index < -0.39 is 0 Å². The van der Waals surface area contributed by atoms with Gasteiger partial charge in [-0.25, -0.2) is 0 Å². The zero-order valence-corrected chi connectivity index (χ0v) is 10.0. The van der Waals surface area contributed by atoms with Crippen molar-refractivity contribution in [2.45, 2.75) is 25.7 Å². The molecule has 0 aliphatic carbocycles. The molecule has 0 aromatic rings. The van der Waals surface area contributed by atoms with Gasteiger partial charge in [-0.2, -0.15) is 0 Å². The molecule has 2 heteroatoms. The first-order valence-electron chi connectivity index (χ1n) is 4.85. The SMILES string of the molecule is C=CC(=O)/C=C/CCC/C=C/CCBr. The highest BCUT2D eigenvalue weighted by Gasteiger charge is 1.85. The average Bonchev–Trinajstić information content (AvgIpc) is 2.21. The van der Waals surface area contributed by atoms with Gasteiger partial charge in [0.05, 0.1) is 0 Å². The molecule has 0 spiro atoms. The van der Waals surface area contributed by atoms with Crippen LogP contribution in [0.1, 0.15) is 25.7 Å². The summed E-state index contributed by atoms with van der Waals surface area (Å²) in [5.41, 5.74) is 0. The maximum Gasteiger partial charge on any atom is 0.177 e. The molecule has 0 aliphatic heterocycles. The summed E-state index contributed by atoms with van der Waals surface area (Å²) in [7, 11) is 0. The summed E-state index contributed by atoms with van der Waals surface area (Å²) >= 11 is 3.36. The Labute approximate surface area is 94.7 Å². The molecule has 0 bridgehead atoms. The van der Waals surface area contributed by atoms with Crippen molar-refractivity contribution in [1.29, 1.82) is 0 Å². The molecule has 0 heterocycles. The van der Waals surface area contributed by atoms with Crippen LogP contribution in [-0.4, -0.2) is 11.1 Å².